The maximum Gasteiger partial charge on any atom is 0.219 e. The van der Waals surface area contributed by atoms with Gasteiger partial charge in [0.25, 0.3) is 0 Å². The van der Waals surface area contributed by atoms with Crippen LogP contribution in [0.15, 0.2) is 84.5 Å². The topological polar surface area (TPSA) is 50.4 Å². The van der Waals surface area contributed by atoms with Crippen LogP contribution in [0.25, 0.3) is 27.2 Å². The van der Waals surface area contributed by atoms with Crippen molar-refractivity contribution in [3.8, 4) is 27.4 Å². The van der Waals surface area contributed by atoms with E-state index in [9.17, 15) is 5.11 Å². The molecule has 0 aliphatic rings. The summed E-state index contributed by atoms with van der Waals surface area (Å²) in [7, 11) is 0. The van der Waals surface area contributed by atoms with E-state index in [0.29, 0.717) is 12.1 Å². The van der Waals surface area contributed by atoms with Crippen molar-refractivity contribution >= 4 is 17.0 Å². The first kappa shape index (κ1) is 16.7. The van der Waals surface area contributed by atoms with Gasteiger partial charge in [0.1, 0.15) is 0 Å². The molecule has 28 heavy (non-hydrogen) atoms. The predicted octanol–water partition coefficient (Wildman–Crippen LogP) is 5.42. The Morgan fingerprint density at radius 1 is 0.893 bits per heavy atom. The van der Waals surface area contributed by atoms with Gasteiger partial charge in [-0.05, 0) is 28.1 Å². The van der Waals surface area contributed by atoms with Crippen molar-refractivity contribution < 1.29 is 5.11 Å². The second-order valence-corrected chi connectivity index (χ2v) is 7.54. The van der Waals surface area contributed by atoms with Crippen LogP contribution in [0.5, 0.6) is 5.88 Å². The van der Waals surface area contributed by atoms with E-state index in [1.807, 2.05) is 48.5 Å². The Morgan fingerprint density at radius 3 is 2.43 bits per heavy atom. The summed E-state index contributed by atoms with van der Waals surface area (Å²) < 4.78 is 1.52. The SMILES string of the molecule is Oc1c(Cc2ccccc2)cnc2c(-c3cc(-c4ccccc4)cs3)cnn12. The first-order valence-electron chi connectivity index (χ1n) is 9.02. The smallest absolute Gasteiger partial charge is 0.219 e. The summed E-state index contributed by atoms with van der Waals surface area (Å²) in [6, 6.07) is 22.5. The van der Waals surface area contributed by atoms with Crippen LogP contribution < -0.4 is 0 Å². The average molecular weight is 383 g/mol. The average Bonchev–Trinajstić information content (AvgIpc) is 3.39. The third-order valence-corrected chi connectivity index (χ3v) is 5.75. The van der Waals surface area contributed by atoms with Crippen molar-refractivity contribution in [1.29, 1.82) is 0 Å². The molecule has 0 saturated carbocycles. The molecule has 0 radical (unpaired) electrons. The molecule has 5 heteroatoms. The molecule has 0 spiro atoms. The molecule has 0 unspecified atom stereocenters. The molecule has 3 heterocycles. The Bertz CT molecular complexity index is 1240. The molecule has 5 rings (SSSR count). The van der Waals surface area contributed by atoms with Crippen molar-refractivity contribution in [3.05, 3.63) is 95.6 Å². The van der Waals surface area contributed by atoms with Crippen LogP contribution >= 0.6 is 11.3 Å². The third-order valence-electron chi connectivity index (χ3n) is 4.78. The van der Waals surface area contributed by atoms with E-state index < -0.39 is 0 Å². The number of hydrogen-bond acceptors (Lipinski definition) is 4. The lowest BCUT2D eigenvalue weighted by molar-refractivity contribution is 0.429. The number of fused-ring (bicyclic) bond motifs is 1. The van der Waals surface area contributed by atoms with Gasteiger partial charge in [0.2, 0.25) is 5.88 Å². The highest BCUT2D eigenvalue weighted by Crippen LogP contribution is 2.35. The molecule has 1 N–H and O–H groups in total. The zero-order valence-electron chi connectivity index (χ0n) is 15.0. The molecule has 3 aromatic heterocycles. The maximum atomic E-state index is 10.7. The number of thiophene rings is 1. The first-order chi connectivity index (χ1) is 13.8. The first-order valence-corrected chi connectivity index (χ1v) is 9.90. The summed E-state index contributed by atoms with van der Waals surface area (Å²) in [6.45, 7) is 0. The molecule has 0 saturated heterocycles. The number of nitrogens with zero attached hydrogens (tertiary/aromatic N) is 3. The van der Waals surface area contributed by atoms with Gasteiger partial charge in [-0.25, -0.2) is 4.98 Å². The maximum absolute atomic E-state index is 10.7. The minimum absolute atomic E-state index is 0.139. The highest BCUT2D eigenvalue weighted by molar-refractivity contribution is 7.14. The summed E-state index contributed by atoms with van der Waals surface area (Å²) in [5.41, 5.74) is 5.82. The van der Waals surface area contributed by atoms with Crippen LogP contribution in [0.3, 0.4) is 0 Å². The molecule has 2 aromatic carbocycles. The minimum Gasteiger partial charge on any atom is -0.493 e. The Balaban J connectivity index is 1.52. The van der Waals surface area contributed by atoms with E-state index in [0.717, 1.165) is 21.6 Å². The van der Waals surface area contributed by atoms with Crippen LogP contribution in [0.1, 0.15) is 11.1 Å². The van der Waals surface area contributed by atoms with Gasteiger partial charge in [-0.2, -0.15) is 9.61 Å². The highest BCUT2D eigenvalue weighted by Gasteiger charge is 2.15. The Hall–Kier alpha value is -3.44. The van der Waals surface area contributed by atoms with Crippen molar-refractivity contribution in [2.45, 2.75) is 6.42 Å². The molecule has 0 aliphatic carbocycles. The van der Waals surface area contributed by atoms with Crippen LogP contribution in [-0.4, -0.2) is 19.7 Å². The predicted molar refractivity (Wildman–Crippen MR) is 113 cm³/mol. The fourth-order valence-electron chi connectivity index (χ4n) is 3.33. The Kier molecular flexibility index (Phi) is 4.14. The van der Waals surface area contributed by atoms with Gasteiger partial charge in [0.05, 0.1) is 11.8 Å². The summed E-state index contributed by atoms with van der Waals surface area (Å²) in [4.78, 5) is 5.68. The molecule has 136 valence electrons. The van der Waals surface area contributed by atoms with E-state index in [-0.39, 0.29) is 5.88 Å². The lowest BCUT2D eigenvalue weighted by Gasteiger charge is -2.06. The Labute approximate surface area is 166 Å². The molecule has 0 atom stereocenters. The molecule has 4 nitrogen and oxygen atoms in total. The van der Waals surface area contributed by atoms with Crippen LogP contribution in [0.2, 0.25) is 0 Å². The fraction of sp³-hybridized carbons (Fsp3) is 0.0435. The molecular weight excluding hydrogens is 366 g/mol. The molecule has 0 amide bonds. The summed E-state index contributed by atoms with van der Waals surface area (Å²) in [5.74, 6) is 0.139. The molecule has 0 aliphatic heterocycles. The normalized spacial score (nSPS) is 11.1. The van der Waals surface area contributed by atoms with E-state index in [1.54, 1.807) is 23.7 Å². The summed E-state index contributed by atoms with van der Waals surface area (Å²) in [5, 5.41) is 17.2. The Morgan fingerprint density at radius 2 is 1.64 bits per heavy atom. The number of benzene rings is 2. The zero-order chi connectivity index (χ0) is 18.9. The van der Waals surface area contributed by atoms with Gasteiger partial charge in [0, 0.05) is 23.1 Å². The molecule has 0 bridgehead atoms. The van der Waals surface area contributed by atoms with Gasteiger partial charge in [-0.3, -0.25) is 0 Å². The lowest BCUT2D eigenvalue weighted by Crippen LogP contribution is -1.98. The van der Waals surface area contributed by atoms with E-state index >= 15 is 0 Å². The second-order valence-electron chi connectivity index (χ2n) is 6.63. The van der Waals surface area contributed by atoms with Crippen molar-refractivity contribution in [3.63, 3.8) is 0 Å². The second kappa shape index (κ2) is 6.94. The largest absolute Gasteiger partial charge is 0.493 e. The van der Waals surface area contributed by atoms with Crippen molar-refractivity contribution in [1.82, 2.24) is 14.6 Å². The quantitative estimate of drug-likeness (QED) is 0.451. The van der Waals surface area contributed by atoms with Gasteiger partial charge in [-0.15, -0.1) is 11.3 Å². The molecule has 0 fully saturated rings. The minimum atomic E-state index is 0.139. The summed E-state index contributed by atoms with van der Waals surface area (Å²) in [6.07, 6.45) is 4.13. The van der Waals surface area contributed by atoms with E-state index in [1.165, 1.54) is 15.6 Å². The van der Waals surface area contributed by atoms with Gasteiger partial charge in [0.15, 0.2) is 5.65 Å². The summed E-state index contributed by atoms with van der Waals surface area (Å²) >= 11 is 1.65. The monoisotopic (exact) mass is 383 g/mol. The fourth-order valence-corrected chi connectivity index (χ4v) is 4.25. The standard InChI is InChI=1S/C23H17N3OS/c27-23-18(11-16-7-3-1-4-8-16)13-24-22-20(14-25-26(22)23)21-12-19(15-28-21)17-9-5-2-6-10-17/h1-10,12-15,27H,11H2. The number of hydrogen-bond donors (Lipinski definition) is 1. The molecule has 5 aromatic rings. The number of rotatable bonds is 4. The molecular formula is C23H17N3OS. The van der Waals surface area contributed by atoms with Crippen LogP contribution in [0, 0.1) is 0 Å². The van der Waals surface area contributed by atoms with E-state index in [4.69, 9.17) is 0 Å². The highest BCUT2D eigenvalue weighted by atomic mass is 32.1. The third kappa shape index (κ3) is 2.96. The van der Waals surface area contributed by atoms with Crippen LogP contribution in [-0.2, 0) is 6.42 Å². The van der Waals surface area contributed by atoms with Gasteiger partial charge >= 0.3 is 0 Å². The van der Waals surface area contributed by atoms with E-state index in [2.05, 4.69) is 33.7 Å². The van der Waals surface area contributed by atoms with Gasteiger partial charge in [-0.1, -0.05) is 60.7 Å². The lowest BCUT2D eigenvalue weighted by atomic mass is 10.1. The van der Waals surface area contributed by atoms with Crippen LogP contribution in [0.4, 0.5) is 0 Å². The van der Waals surface area contributed by atoms with Crippen molar-refractivity contribution in [2.24, 2.45) is 0 Å². The van der Waals surface area contributed by atoms with Crippen molar-refractivity contribution in [2.75, 3.05) is 0 Å². The number of aromatic hydroxyl groups is 1. The zero-order valence-corrected chi connectivity index (χ0v) is 15.8. The van der Waals surface area contributed by atoms with Gasteiger partial charge < -0.3 is 5.11 Å². The number of aromatic nitrogens is 3.